The summed E-state index contributed by atoms with van der Waals surface area (Å²) in [5, 5.41) is 0. The van der Waals surface area contributed by atoms with Crippen LogP contribution in [0, 0.1) is 0 Å². The Balaban J connectivity index is 2.40. The number of hydrogen-bond acceptors (Lipinski definition) is 3. The highest BCUT2D eigenvalue weighted by atomic mass is 16.6. The van der Waals surface area contributed by atoms with Crippen LogP contribution in [0.15, 0.2) is 30.3 Å². The summed E-state index contributed by atoms with van der Waals surface area (Å²) in [5.41, 5.74) is 0. The normalized spacial score (nSPS) is 10.2. The van der Waals surface area contributed by atoms with Gasteiger partial charge in [0.05, 0.1) is 0 Å². The second-order valence-electron chi connectivity index (χ2n) is 3.91. The lowest BCUT2D eigenvalue weighted by Crippen LogP contribution is -2.35. The minimum absolute atomic E-state index is 0.326. The molecule has 4 nitrogen and oxygen atoms in total. The first-order chi connectivity index (χ1) is 7.59. The lowest BCUT2D eigenvalue weighted by molar-refractivity contribution is 0.159. The summed E-state index contributed by atoms with van der Waals surface area (Å²) in [7, 11) is 5.67. The zero-order valence-electron chi connectivity index (χ0n) is 10.0. The van der Waals surface area contributed by atoms with E-state index in [0.717, 1.165) is 6.54 Å². The number of likely N-dealkylation sites (N-methyl/N-ethyl adjacent to an activating group) is 2. The number of nitrogens with zero attached hydrogens (tertiary/aromatic N) is 2. The standard InChI is InChI=1S/C12H18N2O2/c1-13(2)9-10-14(3)12(15)16-11-7-5-4-6-8-11/h4-8H,9-10H2,1-3H3. The molecule has 1 aromatic rings. The van der Waals surface area contributed by atoms with Crippen molar-refractivity contribution in [3.8, 4) is 5.75 Å². The van der Waals surface area contributed by atoms with Crippen LogP contribution < -0.4 is 4.74 Å². The second kappa shape index (κ2) is 6.12. The number of para-hydroxylation sites is 1. The second-order valence-corrected chi connectivity index (χ2v) is 3.91. The number of carbonyl (C=O) groups is 1. The number of benzene rings is 1. The molecule has 0 atom stereocenters. The molecule has 0 radical (unpaired) electrons. The molecule has 0 heterocycles. The van der Waals surface area contributed by atoms with Crippen LogP contribution in [0.5, 0.6) is 5.75 Å². The zero-order chi connectivity index (χ0) is 12.0. The first-order valence-electron chi connectivity index (χ1n) is 5.22. The number of carbonyl (C=O) groups excluding carboxylic acids is 1. The summed E-state index contributed by atoms with van der Waals surface area (Å²) in [5.74, 6) is 0.573. The fourth-order valence-electron chi connectivity index (χ4n) is 1.11. The van der Waals surface area contributed by atoms with E-state index in [2.05, 4.69) is 0 Å². The van der Waals surface area contributed by atoms with Gasteiger partial charge in [-0.2, -0.15) is 0 Å². The van der Waals surface area contributed by atoms with Gasteiger partial charge in [0.15, 0.2) is 0 Å². The molecule has 16 heavy (non-hydrogen) atoms. The maximum absolute atomic E-state index is 11.6. The molecule has 0 saturated carbocycles. The van der Waals surface area contributed by atoms with E-state index in [1.165, 1.54) is 0 Å². The van der Waals surface area contributed by atoms with Crippen LogP contribution in [-0.2, 0) is 0 Å². The van der Waals surface area contributed by atoms with Gasteiger partial charge in [0.25, 0.3) is 0 Å². The van der Waals surface area contributed by atoms with E-state index in [4.69, 9.17) is 4.74 Å². The highest BCUT2D eigenvalue weighted by Gasteiger charge is 2.10. The summed E-state index contributed by atoms with van der Waals surface area (Å²) in [6.07, 6.45) is -0.326. The summed E-state index contributed by atoms with van der Waals surface area (Å²) >= 11 is 0. The van der Waals surface area contributed by atoms with Crippen molar-refractivity contribution in [3.05, 3.63) is 30.3 Å². The summed E-state index contributed by atoms with van der Waals surface area (Å²) in [4.78, 5) is 15.2. The van der Waals surface area contributed by atoms with Crippen LogP contribution >= 0.6 is 0 Å². The molecule has 4 heteroatoms. The third-order valence-electron chi connectivity index (χ3n) is 2.14. The molecule has 88 valence electrons. The van der Waals surface area contributed by atoms with Crippen LogP contribution in [0.25, 0.3) is 0 Å². The van der Waals surface area contributed by atoms with Crippen molar-refractivity contribution in [2.45, 2.75) is 0 Å². The number of rotatable bonds is 4. The lowest BCUT2D eigenvalue weighted by atomic mass is 10.3. The topological polar surface area (TPSA) is 32.8 Å². The highest BCUT2D eigenvalue weighted by Crippen LogP contribution is 2.09. The Morgan fingerprint density at radius 3 is 2.31 bits per heavy atom. The summed E-state index contributed by atoms with van der Waals surface area (Å²) in [6, 6.07) is 9.08. The number of hydrogen-bond donors (Lipinski definition) is 0. The molecular formula is C12H18N2O2. The molecule has 0 aliphatic heterocycles. The van der Waals surface area contributed by atoms with E-state index in [9.17, 15) is 4.79 Å². The zero-order valence-corrected chi connectivity index (χ0v) is 10.0. The van der Waals surface area contributed by atoms with Gasteiger partial charge in [-0.25, -0.2) is 4.79 Å². The Hall–Kier alpha value is -1.55. The predicted octanol–water partition coefficient (Wildman–Crippen LogP) is 1.68. The molecule has 0 N–H and O–H groups in total. The van der Waals surface area contributed by atoms with Crippen molar-refractivity contribution in [3.63, 3.8) is 0 Å². The minimum atomic E-state index is -0.326. The molecule has 0 aliphatic rings. The van der Waals surface area contributed by atoms with Gasteiger partial charge in [0, 0.05) is 20.1 Å². The van der Waals surface area contributed by atoms with E-state index in [1.807, 2.05) is 37.2 Å². The maximum Gasteiger partial charge on any atom is 0.415 e. The Morgan fingerprint density at radius 1 is 1.12 bits per heavy atom. The van der Waals surface area contributed by atoms with Crippen LogP contribution in [0.2, 0.25) is 0 Å². The molecule has 0 aromatic heterocycles. The first-order valence-corrected chi connectivity index (χ1v) is 5.22. The third kappa shape index (κ3) is 4.31. The van der Waals surface area contributed by atoms with E-state index in [1.54, 1.807) is 24.1 Å². The maximum atomic E-state index is 11.6. The van der Waals surface area contributed by atoms with Gasteiger partial charge in [0.1, 0.15) is 5.75 Å². The van der Waals surface area contributed by atoms with E-state index in [-0.39, 0.29) is 6.09 Å². The van der Waals surface area contributed by atoms with Gasteiger partial charge < -0.3 is 14.5 Å². The highest BCUT2D eigenvalue weighted by molar-refractivity contribution is 5.70. The fourth-order valence-corrected chi connectivity index (χ4v) is 1.11. The van der Waals surface area contributed by atoms with Gasteiger partial charge in [-0.3, -0.25) is 0 Å². The van der Waals surface area contributed by atoms with Gasteiger partial charge >= 0.3 is 6.09 Å². The molecule has 0 spiro atoms. The van der Waals surface area contributed by atoms with Crippen molar-refractivity contribution < 1.29 is 9.53 Å². The van der Waals surface area contributed by atoms with Crippen molar-refractivity contribution in [1.82, 2.24) is 9.80 Å². The molecular weight excluding hydrogens is 204 g/mol. The quantitative estimate of drug-likeness (QED) is 0.777. The largest absolute Gasteiger partial charge is 0.415 e. The fraction of sp³-hybridized carbons (Fsp3) is 0.417. The third-order valence-corrected chi connectivity index (χ3v) is 2.14. The lowest BCUT2D eigenvalue weighted by Gasteiger charge is -2.18. The van der Waals surface area contributed by atoms with Gasteiger partial charge in [-0.15, -0.1) is 0 Å². The smallest absolute Gasteiger partial charge is 0.410 e. The van der Waals surface area contributed by atoms with E-state index in [0.29, 0.717) is 12.3 Å². The van der Waals surface area contributed by atoms with E-state index >= 15 is 0 Å². The summed E-state index contributed by atoms with van der Waals surface area (Å²) in [6.45, 7) is 1.47. The Morgan fingerprint density at radius 2 is 1.75 bits per heavy atom. The van der Waals surface area contributed by atoms with Gasteiger partial charge in [-0.05, 0) is 26.2 Å². The molecule has 1 amide bonds. The van der Waals surface area contributed by atoms with Crippen LogP contribution in [0.3, 0.4) is 0 Å². The Labute approximate surface area is 96.4 Å². The molecule has 0 fully saturated rings. The molecule has 0 saturated heterocycles. The Kier molecular flexibility index (Phi) is 4.79. The van der Waals surface area contributed by atoms with Crippen molar-refractivity contribution >= 4 is 6.09 Å². The molecule has 1 rings (SSSR count). The average molecular weight is 222 g/mol. The van der Waals surface area contributed by atoms with Crippen LogP contribution in [-0.4, -0.2) is 50.1 Å². The number of ether oxygens (including phenoxy) is 1. The van der Waals surface area contributed by atoms with Crippen molar-refractivity contribution in [2.75, 3.05) is 34.2 Å². The van der Waals surface area contributed by atoms with Crippen molar-refractivity contribution in [2.24, 2.45) is 0 Å². The van der Waals surface area contributed by atoms with Crippen LogP contribution in [0.1, 0.15) is 0 Å². The average Bonchev–Trinajstić information content (AvgIpc) is 2.27. The van der Waals surface area contributed by atoms with Crippen LogP contribution in [0.4, 0.5) is 4.79 Å². The summed E-state index contributed by atoms with van der Waals surface area (Å²) < 4.78 is 5.18. The molecule has 0 bridgehead atoms. The SMILES string of the molecule is CN(C)CCN(C)C(=O)Oc1ccccc1. The molecule has 0 unspecified atom stereocenters. The first kappa shape index (κ1) is 12.5. The number of amides is 1. The monoisotopic (exact) mass is 222 g/mol. The predicted molar refractivity (Wildman–Crippen MR) is 63.7 cm³/mol. The Bertz CT molecular complexity index is 325. The molecule has 1 aromatic carbocycles. The molecule has 0 aliphatic carbocycles. The van der Waals surface area contributed by atoms with Crippen molar-refractivity contribution in [1.29, 1.82) is 0 Å². The van der Waals surface area contributed by atoms with Gasteiger partial charge in [-0.1, -0.05) is 18.2 Å². The van der Waals surface area contributed by atoms with E-state index < -0.39 is 0 Å². The minimum Gasteiger partial charge on any atom is -0.410 e. The van der Waals surface area contributed by atoms with Gasteiger partial charge in [0.2, 0.25) is 0 Å².